The van der Waals surface area contributed by atoms with Gasteiger partial charge in [-0.1, -0.05) is 60.2 Å². The maximum absolute atomic E-state index is 13.2. The van der Waals surface area contributed by atoms with Crippen molar-refractivity contribution >= 4 is 18.3 Å². The summed E-state index contributed by atoms with van der Waals surface area (Å²) in [5, 5.41) is 2.90. The minimum Gasteiger partial charge on any atom is -0.493 e. The van der Waals surface area contributed by atoms with E-state index >= 15 is 0 Å². The van der Waals surface area contributed by atoms with E-state index in [-0.39, 0.29) is 30.4 Å². The van der Waals surface area contributed by atoms with Crippen LogP contribution in [-0.4, -0.2) is 38.6 Å². The van der Waals surface area contributed by atoms with Gasteiger partial charge in [0.1, 0.15) is 6.04 Å². The molecule has 0 radical (unpaired) electrons. The summed E-state index contributed by atoms with van der Waals surface area (Å²) in [5.41, 5.74) is 6.03. The lowest BCUT2D eigenvalue weighted by Gasteiger charge is -2.42. The van der Waals surface area contributed by atoms with E-state index in [4.69, 9.17) is 9.47 Å². The molecule has 2 unspecified atom stereocenters. The highest BCUT2D eigenvalue weighted by atomic mass is 35.5. The molecule has 1 aliphatic heterocycles. The number of methoxy groups -OCH3 is 2. The van der Waals surface area contributed by atoms with Crippen LogP contribution in [0.5, 0.6) is 11.5 Å². The highest BCUT2D eigenvalue weighted by Crippen LogP contribution is 2.43. The largest absolute Gasteiger partial charge is 0.493 e. The van der Waals surface area contributed by atoms with E-state index in [1.54, 1.807) is 21.3 Å². The number of nitrogens with zero attached hydrogens (tertiary/aromatic N) is 1. The normalized spacial score (nSPS) is 15.9. The fourth-order valence-corrected chi connectivity index (χ4v) is 5.00. The molecule has 0 bridgehead atoms. The topological polar surface area (TPSA) is 50.8 Å². The molecule has 1 heterocycles. The number of carbonyl (C=O) groups excluding carboxylic acids is 1. The van der Waals surface area contributed by atoms with Crippen molar-refractivity contribution in [3.05, 3.63) is 94.5 Å². The van der Waals surface area contributed by atoms with Crippen LogP contribution >= 0.6 is 12.4 Å². The van der Waals surface area contributed by atoms with Crippen molar-refractivity contribution in [2.75, 3.05) is 27.8 Å². The van der Waals surface area contributed by atoms with Gasteiger partial charge in [0.25, 0.3) is 0 Å². The van der Waals surface area contributed by atoms with E-state index < -0.39 is 0 Å². The summed E-state index contributed by atoms with van der Waals surface area (Å²) in [4.78, 5) is 15.6. The second kappa shape index (κ2) is 12.1. The number of ether oxygens (including phenoxy) is 2. The molecule has 0 aliphatic carbocycles. The number of aryl methyl sites for hydroxylation is 2. The lowest BCUT2D eigenvalue weighted by Crippen LogP contribution is -2.44. The Kier molecular flexibility index (Phi) is 9.19. The highest BCUT2D eigenvalue weighted by Gasteiger charge is 2.37. The summed E-state index contributed by atoms with van der Waals surface area (Å²) >= 11 is 0. The molecule has 3 aromatic rings. The van der Waals surface area contributed by atoms with Crippen LogP contribution in [0.4, 0.5) is 0 Å². The number of nitrogens with one attached hydrogen (secondary N) is 1. The number of amides is 1. The number of hydrogen-bond donors (Lipinski definition) is 1. The van der Waals surface area contributed by atoms with Gasteiger partial charge in [0.05, 0.1) is 14.2 Å². The van der Waals surface area contributed by atoms with E-state index in [0.717, 1.165) is 42.9 Å². The van der Waals surface area contributed by atoms with Crippen LogP contribution in [0, 0.1) is 6.92 Å². The third-order valence-corrected chi connectivity index (χ3v) is 6.81. The summed E-state index contributed by atoms with van der Waals surface area (Å²) in [6.45, 7) is 2.89. The van der Waals surface area contributed by atoms with Crippen molar-refractivity contribution in [3.8, 4) is 11.5 Å². The maximum Gasteiger partial charge on any atom is 0.241 e. The Bertz CT molecular complexity index is 1120. The molecule has 0 saturated heterocycles. The van der Waals surface area contributed by atoms with Crippen LogP contribution in [0.2, 0.25) is 0 Å². The summed E-state index contributed by atoms with van der Waals surface area (Å²) in [7, 11) is 5.06. The summed E-state index contributed by atoms with van der Waals surface area (Å²) < 4.78 is 11.2. The van der Waals surface area contributed by atoms with Crippen LogP contribution < -0.4 is 14.8 Å². The Morgan fingerprint density at radius 2 is 1.69 bits per heavy atom. The minimum absolute atomic E-state index is 0. The molecule has 0 aromatic heterocycles. The predicted molar refractivity (Wildman–Crippen MR) is 143 cm³/mol. The second-order valence-corrected chi connectivity index (χ2v) is 8.86. The third kappa shape index (κ3) is 5.80. The SMILES string of the molecule is CNC(=O)C(c1ccccc1)N1CCc2cc(OC)c(OC)cc2C1CCc1ccc(C)cc1.Cl. The second-order valence-electron chi connectivity index (χ2n) is 8.86. The molecule has 186 valence electrons. The maximum atomic E-state index is 13.2. The van der Waals surface area contributed by atoms with Crippen LogP contribution in [0.3, 0.4) is 0 Å². The Balaban J connectivity index is 0.00000342. The number of fused-ring (bicyclic) bond motifs is 1. The number of carbonyl (C=O) groups is 1. The van der Waals surface area contributed by atoms with Gasteiger partial charge in [0.2, 0.25) is 5.91 Å². The summed E-state index contributed by atoms with van der Waals surface area (Å²) in [6.07, 6.45) is 2.66. The van der Waals surface area contributed by atoms with E-state index in [1.165, 1.54) is 22.3 Å². The fourth-order valence-electron chi connectivity index (χ4n) is 5.00. The molecule has 35 heavy (non-hydrogen) atoms. The number of benzene rings is 3. The Hall–Kier alpha value is -3.02. The first-order valence-corrected chi connectivity index (χ1v) is 11.9. The van der Waals surface area contributed by atoms with Gasteiger partial charge in [-0.15, -0.1) is 12.4 Å². The van der Waals surface area contributed by atoms with E-state index in [0.29, 0.717) is 0 Å². The van der Waals surface area contributed by atoms with Crippen LogP contribution in [-0.2, 0) is 17.6 Å². The molecular weight excluding hydrogens is 460 g/mol. The monoisotopic (exact) mass is 494 g/mol. The van der Waals surface area contributed by atoms with Crippen molar-refractivity contribution < 1.29 is 14.3 Å². The molecule has 1 amide bonds. The zero-order chi connectivity index (χ0) is 24.1. The van der Waals surface area contributed by atoms with Gasteiger partial charge in [-0.2, -0.15) is 0 Å². The molecule has 0 fully saturated rings. The van der Waals surface area contributed by atoms with Crippen LogP contribution in [0.15, 0.2) is 66.7 Å². The van der Waals surface area contributed by atoms with Crippen LogP contribution in [0.1, 0.15) is 46.3 Å². The van der Waals surface area contributed by atoms with Crippen molar-refractivity contribution in [3.63, 3.8) is 0 Å². The van der Waals surface area contributed by atoms with Gasteiger partial charge >= 0.3 is 0 Å². The quantitative estimate of drug-likeness (QED) is 0.452. The van der Waals surface area contributed by atoms with E-state index in [2.05, 4.69) is 53.5 Å². The smallest absolute Gasteiger partial charge is 0.241 e. The summed E-state index contributed by atoms with van der Waals surface area (Å²) in [6, 6.07) is 22.7. The van der Waals surface area contributed by atoms with Crippen molar-refractivity contribution in [2.24, 2.45) is 0 Å². The molecule has 1 aliphatic rings. The number of rotatable bonds is 8. The van der Waals surface area contributed by atoms with Crippen molar-refractivity contribution in [1.29, 1.82) is 0 Å². The number of hydrogen-bond acceptors (Lipinski definition) is 4. The zero-order valence-electron chi connectivity index (χ0n) is 20.9. The highest BCUT2D eigenvalue weighted by molar-refractivity contribution is 5.85. The van der Waals surface area contributed by atoms with Crippen LogP contribution in [0.25, 0.3) is 0 Å². The molecule has 4 rings (SSSR count). The predicted octanol–water partition coefficient (Wildman–Crippen LogP) is 5.45. The fraction of sp³-hybridized carbons (Fsp3) is 0.345. The Morgan fingerprint density at radius 3 is 2.31 bits per heavy atom. The molecule has 3 aromatic carbocycles. The third-order valence-electron chi connectivity index (χ3n) is 6.81. The van der Waals surface area contributed by atoms with Crippen molar-refractivity contribution in [1.82, 2.24) is 10.2 Å². The Morgan fingerprint density at radius 1 is 1.03 bits per heavy atom. The van der Waals surface area contributed by atoms with Gasteiger partial charge in [0.15, 0.2) is 11.5 Å². The first kappa shape index (κ1) is 26.6. The lowest BCUT2D eigenvalue weighted by molar-refractivity contribution is -0.127. The Labute approximate surface area is 214 Å². The molecule has 0 spiro atoms. The molecule has 5 nitrogen and oxygen atoms in total. The lowest BCUT2D eigenvalue weighted by atomic mass is 9.86. The number of halogens is 1. The zero-order valence-corrected chi connectivity index (χ0v) is 21.7. The van der Waals surface area contributed by atoms with E-state index in [9.17, 15) is 4.79 Å². The minimum atomic E-state index is -0.365. The average molecular weight is 495 g/mol. The molecular formula is C29H35ClN2O3. The standard InChI is InChI=1S/C29H34N2O3.ClH/c1-20-10-12-21(13-11-20)14-15-25-24-19-27(34-4)26(33-3)18-23(24)16-17-31(25)28(29(32)30-2)22-8-6-5-7-9-22;/h5-13,18-19,25,28H,14-17H2,1-4H3,(H,30,32);1H. The van der Waals surface area contributed by atoms with Gasteiger partial charge in [-0.3, -0.25) is 9.69 Å². The first-order valence-electron chi connectivity index (χ1n) is 11.9. The van der Waals surface area contributed by atoms with Gasteiger partial charge in [-0.05, 0) is 60.6 Å². The average Bonchev–Trinajstić information content (AvgIpc) is 2.88. The molecule has 2 atom stereocenters. The van der Waals surface area contributed by atoms with Gasteiger partial charge < -0.3 is 14.8 Å². The summed E-state index contributed by atoms with van der Waals surface area (Å²) in [5.74, 6) is 1.48. The molecule has 6 heteroatoms. The number of likely N-dealkylation sites (N-methyl/N-ethyl adjacent to an activating group) is 1. The van der Waals surface area contributed by atoms with Gasteiger partial charge in [0, 0.05) is 19.6 Å². The van der Waals surface area contributed by atoms with Crippen molar-refractivity contribution in [2.45, 2.75) is 38.3 Å². The van der Waals surface area contributed by atoms with Gasteiger partial charge in [-0.25, -0.2) is 0 Å². The van der Waals surface area contributed by atoms with E-state index in [1.807, 2.05) is 30.3 Å². The first-order chi connectivity index (χ1) is 16.5. The molecule has 0 saturated carbocycles. The molecule has 1 N–H and O–H groups in total.